The molecule has 0 N–H and O–H groups in total. The van der Waals surface area contributed by atoms with Gasteiger partial charge in [0.25, 0.3) is 11.6 Å². The number of furan rings is 1. The number of fused-ring (bicyclic) bond motifs is 1. The summed E-state index contributed by atoms with van der Waals surface area (Å²) in [5, 5.41) is 4.54. The van der Waals surface area contributed by atoms with E-state index in [2.05, 4.69) is 23.3 Å². The lowest BCUT2D eigenvalue weighted by atomic mass is 10.1. The van der Waals surface area contributed by atoms with Crippen molar-refractivity contribution in [2.45, 2.75) is 6.92 Å². The summed E-state index contributed by atoms with van der Waals surface area (Å²) in [5.41, 5.74) is 1.91. The van der Waals surface area contributed by atoms with E-state index in [1.165, 1.54) is 0 Å². The summed E-state index contributed by atoms with van der Waals surface area (Å²) >= 11 is 0. The molecule has 0 unspecified atom stereocenters. The van der Waals surface area contributed by atoms with Crippen molar-refractivity contribution in [1.29, 1.82) is 0 Å². The summed E-state index contributed by atoms with van der Waals surface area (Å²) in [7, 11) is 0. The molecule has 0 aliphatic rings. The van der Waals surface area contributed by atoms with Gasteiger partial charge < -0.3 is 13.8 Å². The lowest BCUT2D eigenvalue weighted by Gasteiger charge is -2.19. The van der Waals surface area contributed by atoms with E-state index in [0.29, 0.717) is 46.9 Å². The van der Waals surface area contributed by atoms with E-state index in [0.717, 1.165) is 0 Å². The molecule has 0 atom stereocenters. The minimum atomic E-state index is -0.165. The molecule has 6 nitrogen and oxygen atoms in total. The maximum absolute atomic E-state index is 13.0. The molecule has 0 aromatic carbocycles. The van der Waals surface area contributed by atoms with Gasteiger partial charge in [-0.05, 0) is 25.1 Å². The third-order valence-electron chi connectivity index (χ3n) is 3.61. The fraction of sp³-hybridized carbons (Fsp3) is 0.167. The van der Waals surface area contributed by atoms with Crippen molar-refractivity contribution in [2.75, 3.05) is 13.1 Å². The molecule has 0 saturated heterocycles. The van der Waals surface area contributed by atoms with Crippen LogP contribution in [0.15, 0.2) is 58.7 Å². The largest absolute Gasteiger partial charge is 0.463 e. The van der Waals surface area contributed by atoms with E-state index < -0.39 is 0 Å². The summed E-state index contributed by atoms with van der Waals surface area (Å²) in [5.74, 6) is 0.389. The maximum Gasteiger partial charge on any atom is 0.259 e. The monoisotopic (exact) mass is 323 g/mol. The van der Waals surface area contributed by atoms with Crippen molar-refractivity contribution in [3.63, 3.8) is 0 Å². The number of carbonyl (C=O) groups excluding carboxylic acids is 1. The van der Waals surface area contributed by atoms with Crippen LogP contribution in [0, 0.1) is 6.92 Å². The van der Waals surface area contributed by atoms with E-state index in [4.69, 9.17) is 8.94 Å². The van der Waals surface area contributed by atoms with Gasteiger partial charge in [0.05, 0.1) is 22.9 Å². The lowest BCUT2D eigenvalue weighted by molar-refractivity contribution is 0.0792. The Morgan fingerprint density at radius 3 is 2.71 bits per heavy atom. The van der Waals surface area contributed by atoms with Crippen LogP contribution in [0.4, 0.5) is 0 Å². The molecule has 0 fully saturated rings. The Bertz CT molecular complexity index is 884. The van der Waals surface area contributed by atoms with E-state index in [9.17, 15) is 4.79 Å². The first-order valence-electron chi connectivity index (χ1n) is 7.47. The molecular weight excluding hydrogens is 306 g/mol. The number of hydrogen-bond donors (Lipinski definition) is 0. The number of rotatable bonds is 6. The minimum absolute atomic E-state index is 0.165. The number of pyridine rings is 1. The number of aryl methyl sites for hydroxylation is 1. The third-order valence-corrected chi connectivity index (χ3v) is 3.61. The van der Waals surface area contributed by atoms with E-state index in [1.54, 1.807) is 48.4 Å². The van der Waals surface area contributed by atoms with Crippen molar-refractivity contribution in [1.82, 2.24) is 15.0 Å². The van der Waals surface area contributed by atoms with Gasteiger partial charge in [-0.2, -0.15) is 0 Å². The molecule has 3 aromatic rings. The summed E-state index contributed by atoms with van der Waals surface area (Å²) in [4.78, 5) is 19.0. The van der Waals surface area contributed by atoms with Crippen molar-refractivity contribution < 1.29 is 13.7 Å². The van der Waals surface area contributed by atoms with Crippen molar-refractivity contribution in [3.8, 4) is 11.5 Å². The second kappa shape index (κ2) is 6.54. The standard InChI is InChI=1S/C18H17N3O3/c1-4-8-21(9-5-2)18(22)13-11-14(15-7-6-10-23-15)19-17-16(13)12(3)20-24-17/h4-7,10-11H,1-2,8-9H2,3H3. The summed E-state index contributed by atoms with van der Waals surface area (Å²) < 4.78 is 10.6. The van der Waals surface area contributed by atoms with Crippen LogP contribution in [0.25, 0.3) is 22.6 Å². The topological polar surface area (TPSA) is 72.4 Å². The van der Waals surface area contributed by atoms with Gasteiger partial charge in [0.15, 0.2) is 5.76 Å². The zero-order valence-corrected chi connectivity index (χ0v) is 13.4. The average Bonchev–Trinajstić information content (AvgIpc) is 3.23. The van der Waals surface area contributed by atoms with E-state index >= 15 is 0 Å². The number of nitrogens with zero attached hydrogens (tertiary/aromatic N) is 3. The SMILES string of the molecule is C=CCN(CC=C)C(=O)c1cc(-c2ccco2)nc2onc(C)c12. The number of amides is 1. The molecule has 6 heteroatoms. The molecule has 0 bridgehead atoms. The van der Waals surface area contributed by atoms with Gasteiger partial charge >= 0.3 is 0 Å². The fourth-order valence-electron chi connectivity index (χ4n) is 2.54. The van der Waals surface area contributed by atoms with Gasteiger partial charge in [-0.1, -0.05) is 17.3 Å². The summed E-state index contributed by atoms with van der Waals surface area (Å²) in [6, 6.07) is 5.24. The highest BCUT2D eigenvalue weighted by Crippen LogP contribution is 2.28. The molecule has 0 spiro atoms. The first kappa shape index (κ1) is 15.7. The van der Waals surface area contributed by atoms with Crippen LogP contribution in [0.3, 0.4) is 0 Å². The molecule has 3 rings (SSSR count). The van der Waals surface area contributed by atoms with Gasteiger partial charge in [-0.25, -0.2) is 4.98 Å². The van der Waals surface area contributed by atoms with Crippen LogP contribution in [0.2, 0.25) is 0 Å². The van der Waals surface area contributed by atoms with Crippen LogP contribution < -0.4 is 0 Å². The maximum atomic E-state index is 13.0. The Morgan fingerprint density at radius 1 is 1.33 bits per heavy atom. The van der Waals surface area contributed by atoms with Crippen LogP contribution >= 0.6 is 0 Å². The number of carbonyl (C=O) groups is 1. The van der Waals surface area contributed by atoms with Crippen LogP contribution in [0.1, 0.15) is 16.1 Å². The second-order valence-electron chi connectivity index (χ2n) is 5.27. The van der Waals surface area contributed by atoms with Crippen LogP contribution in [-0.2, 0) is 0 Å². The lowest BCUT2D eigenvalue weighted by Crippen LogP contribution is -2.31. The molecular formula is C18H17N3O3. The summed E-state index contributed by atoms with van der Waals surface area (Å²) in [6.45, 7) is 10.0. The second-order valence-corrected chi connectivity index (χ2v) is 5.27. The highest BCUT2D eigenvalue weighted by Gasteiger charge is 2.23. The normalized spacial score (nSPS) is 10.7. The smallest absolute Gasteiger partial charge is 0.259 e. The summed E-state index contributed by atoms with van der Waals surface area (Å²) in [6.07, 6.45) is 4.90. The van der Waals surface area contributed by atoms with Gasteiger partial charge in [-0.15, -0.1) is 13.2 Å². The fourth-order valence-corrected chi connectivity index (χ4v) is 2.54. The molecule has 24 heavy (non-hydrogen) atoms. The van der Waals surface area contributed by atoms with Crippen LogP contribution in [0.5, 0.6) is 0 Å². The predicted octanol–water partition coefficient (Wildman–Crippen LogP) is 3.61. The first-order valence-corrected chi connectivity index (χ1v) is 7.47. The molecule has 0 aliphatic carbocycles. The number of aromatic nitrogens is 2. The van der Waals surface area contributed by atoms with Crippen LogP contribution in [-0.4, -0.2) is 34.0 Å². The van der Waals surface area contributed by atoms with E-state index in [-0.39, 0.29) is 5.91 Å². The Morgan fingerprint density at radius 2 is 2.08 bits per heavy atom. The highest BCUT2D eigenvalue weighted by atomic mass is 16.5. The zero-order valence-electron chi connectivity index (χ0n) is 13.4. The van der Waals surface area contributed by atoms with Gasteiger partial charge in [0.1, 0.15) is 5.69 Å². The molecule has 0 saturated carbocycles. The Balaban J connectivity index is 2.17. The average molecular weight is 323 g/mol. The molecule has 122 valence electrons. The predicted molar refractivity (Wildman–Crippen MR) is 90.5 cm³/mol. The quantitative estimate of drug-likeness (QED) is 0.648. The highest BCUT2D eigenvalue weighted by molar-refractivity contribution is 6.07. The van der Waals surface area contributed by atoms with Gasteiger partial charge in [0, 0.05) is 13.1 Å². The molecule has 0 aliphatic heterocycles. The van der Waals surface area contributed by atoms with Gasteiger partial charge in [0.2, 0.25) is 0 Å². The van der Waals surface area contributed by atoms with E-state index in [1.807, 2.05) is 0 Å². The Kier molecular flexibility index (Phi) is 4.29. The zero-order chi connectivity index (χ0) is 17.1. The Hall–Kier alpha value is -3.15. The molecule has 3 aromatic heterocycles. The Labute approximate surface area is 139 Å². The first-order chi connectivity index (χ1) is 11.7. The van der Waals surface area contributed by atoms with Gasteiger partial charge in [-0.3, -0.25) is 4.79 Å². The third kappa shape index (κ3) is 2.74. The van der Waals surface area contributed by atoms with Crippen molar-refractivity contribution >= 4 is 17.0 Å². The van der Waals surface area contributed by atoms with Crippen molar-refractivity contribution in [2.24, 2.45) is 0 Å². The molecule has 0 radical (unpaired) electrons. The molecule has 1 amide bonds. The molecule has 3 heterocycles. The number of hydrogen-bond acceptors (Lipinski definition) is 5. The minimum Gasteiger partial charge on any atom is -0.463 e. The van der Waals surface area contributed by atoms with Crippen molar-refractivity contribution in [3.05, 3.63) is 61.0 Å².